The van der Waals surface area contributed by atoms with Gasteiger partial charge in [0.1, 0.15) is 12.6 Å². The molecule has 0 heterocycles. The number of carbonyl (C=O) groups excluding carboxylic acids is 2. The fraction of sp³-hybridized carbons (Fsp3) is 0.400. The summed E-state index contributed by atoms with van der Waals surface area (Å²) in [5.74, 6) is -1.60. The molecule has 1 aromatic rings. The average Bonchev–Trinajstić information content (AvgIpc) is 2.52. The van der Waals surface area contributed by atoms with Gasteiger partial charge in [0.05, 0.1) is 7.11 Å². The van der Waals surface area contributed by atoms with Crippen molar-refractivity contribution in [1.82, 2.24) is 5.32 Å². The second kappa shape index (κ2) is 9.38. The van der Waals surface area contributed by atoms with Gasteiger partial charge >= 0.3 is 18.0 Å². The van der Waals surface area contributed by atoms with E-state index in [4.69, 9.17) is 9.84 Å². The molecule has 0 aliphatic carbocycles. The first kappa shape index (κ1) is 17.5. The maximum absolute atomic E-state index is 11.6. The Morgan fingerprint density at radius 3 is 2.50 bits per heavy atom. The van der Waals surface area contributed by atoms with Crippen molar-refractivity contribution in [2.75, 3.05) is 7.11 Å². The molecule has 0 saturated carbocycles. The largest absolute Gasteiger partial charge is 0.480 e. The minimum atomic E-state index is -1.18. The molecule has 1 atom stereocenters. The highest BCUT2D eigenvalue weighted by Gasteiger charge is 2.20. The number of alkyl carbamates (subject to hydrolysis) is 1. The lowest BCUT2D eigenvalue weighted by molar-refractivity contribution is -0.142. The first-order valence-electron chi connectivity index (χ1n) is 6.79. The van der Waals surface area contributed by atoms with E-state index in [0.717, 1.165) is 5.56 Å². The Bertz CT molecular complexity index is 502. The SMILES string of the molecule is COC(=O)CCC[C@H](NC(=O)OCc1ccccc1)C(=O)O. The molecule has 7 heteroatoms. The third-order valence-electron chi connectivity index (χ3n) is 2.90. The second-order valence-electron chi connectivity index (χ2n) is 4.57. The number of hydrogen-bond acceptors (Lipinski definition) is 5. The maximum atomic E-state index is 11.6. The van der Waals surface area contributed by atoms with Gasteiger partial charge < -0.3 is 19.9 Å². The summed E-state index contributed by atoms with van der Waals surface area (Å²) in [5, 5.41) is 11.3. The molecule has 0 aromatic heterocycles. The predicted octanol–water partition coefficient (Wildman–Crippen LogP) is 1.71. The molecule has 0 fully saturated rings. The Morgan fingerprint density at radius 1 is 1.23 bits per heavy atom. The number of rotatable bonds is 8. The van der Waals surface area contributed by atoms with Crippen molar-refractivity contribution < 1.29 is 29.0 Å². The van der Waals surface area contributed by atoms with E-state index in [-0.39, 0.29) is 19.4 Å². The van der Waals surface area contributed by atoms with E-state index in [9.17, 15) is 14.4 Å². The number of nitrogens with one attached hydrogen (secondary N) is 1. The third kappa shape index (κ3) is 6.74. The van der Waals surface area contributed by atoms with Gasteiger partial charge in [0, 0.05) is 6.42 Å². The molecule has 0 spiro atoms. The van der Waals surface area contributed by atoms with Crippen LogP contribution in [0.25, 0.3) is 0 Å². The van der Waals surface area contributed by atoms with Crippen molar-refractivity contribution in [3.05, 3.63) is 35.9 Å². The Morgan fingerprint density at radius 2 is 1.91 bits per heavy atom. The average molecular weight is 309 g/mol. The van der Waals surface area contributed by atoms with Crippen molar-refractivity contribution >= 4 is 18.0 Å². The van der Waals surface area contributed by atoms with Crippen LogP contribution in [0.1, 0.15) is 24.8 Å². The van der Waals surface area contributed by atoms with Gasteiger partial charge in [-0.25, -0.2) is 9.59 Å². The highest BCUT2D eigenvalue weighted by Crippen LogP contribution is 2.05. The van der Waals surface area contributed by atoms with Gasteiger partial charge in [-0.05, 0) is 18.4 Å². The highest BCUT2D eigenvalue weighted by atomic mass is 16.5. The van der Waals surface area contributed by atoms with Gasteiger partial charge in [-0.3, -0.25) is 4.79 Å². The zero-order chi connectivity index (χ0) is 16.4. The second-order valence-corrected chi connectivity index (χ2v) is 4.57. The van der Waals surface area contributed by atoms with Gasteiger partial charge in [-0.1, -0.05) is 30.3 Å². The quantitative estimate of drug-likeness (QED) is 0.709. The molecule has 0 bridgehead atoms. The number of amides is 1. The molecule has 0 aliphatic rings. The van der Waals surface area contributed by atoms with Crippen LogP contribution in [0.2, 0.25) is 0 Å². The first-order valence-corrected chi connectivity index (χ1v) is 6.79. The third-order valence-corrected chi connectivity index (χ3v) is 2.90. The molecule has 7 nitrogen and oxygen atoms in total. The summed E-state index contributed by atoms with van der Waals surface area (Å²) in [6, 6.07) is 7.93. The number of benzene rings is 1. The van der Waals surface area contributed by atoms with Crippen LogP contribution >= 0.6 is 0 Å². The molecule has 2 N–H and O–H groups in total. The predicted molar refractivity (Wildman–Crippen MR) is 77.1 cm³/mol. The van der Waals surface area contributed by atoms with Gasteiger partial charge in [-0.2, -0.15) is 0 Å². The number of esters is 1. The Kier molecular flexibility index (Phi) is 7.45. The molecule has 22 heavy (non-hydrogen) atoms. The van der Waals surface area contributed by atoms with E-state index in [0.29, 0.717) is 6.42 Å². The van der Waals surface area contributed by atoms with Crippen LogP contribution in [0.15, 0.2) is 30.3 Å². The van der Waals surface area contributed by atoms with Crippen molar-refractivity contribution in [3.8, 4) is 0 Å². The summed E-state index contributed by atoms with van der Waals surface area (Å²) >= 11 is 0. The Hall–Kier alpha value is -2.57. The zero-order valence-electron chi connectivity index (χ0n) is 12.3. The lowest BCUT2D eigenvalue weighted by Gasteiger charge is -2.14. The summed E-state index contributed by atoms with van der Waals surface area (Å²) in [7, 11) is 1.26. The number of carboxylic acid groups (broad SMARTS) is 1. The van der Waals surface area contributed by atoms with Crippen molar-refractivity contribution in [3.63, 3.8) is 0 Å². The van der Waals surface area contributed by atoms with Crippen LogP contribution in [0, 0.1) is 0 Å². The molecule has 1 rings (SSSR count). The van der Waals surface area contributed by atoms with Crippen LogP contribution in [0.3, 0.4) is 0 Å². The summed E-state index contributed by atoms with van der Waals surface area (Å²) in [6.45, 7) is 0.0567. The number of carboxylic acids is 1. The summed E-state index contributed by atoms with van der Waals surface area (Å²) in [6.07, 6.45) is -0.302. The van der Waals surface area contributed by atoms with E-state index in [1.165, 1.54) is 7.11 Å². The van der Waals surface area contributed by atoms with E-state index in [1.54, 1.807) is 12.1 Å². The van der Waals surface area contributed by atoms with Gasteiger partial charge in [-0.15, -0.1) is 0 Å². The fourth-order valence-corrected chi connectivity index (χ4v) is 1.72. The molecule has 1 aromatic carbocycles. The summed E-state index contributed by atoms with van der Waals surface area (Å²) in [5.41, 5.74) is 0.801. The normalized spacial score (nSPS) is 11.3. The molecular weight excluding hydrogens is 290 g/mol. The van der Waals surface area contributed by atoms with Crippen molar-refractivity contribution in [2.24, 2.45) is 0 Å². The van der Waals surface area contributed by atoms with Crippen molar-refractivity contribution in [2.45, 2.75) is 31.9 Å². The number of carbonyl (C=O) groups is 3. The smallest absolute Gasteiger partial charge is 0.408 e. The Balaban J connectivity index is 2.37. The van der Waals surface area contributed by atoms with Crippen LogP contribution in [-0.4, -0.2) is 36.3 Å². The molecule has 0 radical (unpaired) electrons. The first-order chi connectivity index (χ1) is 10.5. The topological polar surface area (TPSA) is 102 Å². The minimum absolute atomic E-state index is 0.0567. The number of hydrogen-bond donors (Lipinski definition) is 2. The van der Waals surface area contributed by atoms with Crippen LogP contribution < -0.4 is 5.32 Å². The van der Waals surface area contributed by atoms with Crippen molar-refractivity contribution in [1.29, 1.82) is 0 Å². The minimum Gasteiger partial charge on any atom is -0.480 e. The Labute approximate surface area is 128 Å². The van der Waals surface area contributed by atoms with Gasteiger partial charge in [0.2, 0.25) is 0 Å². The number of aliphatic carboxylic acids is 1. The summed E-state index contributed by atoms with van der Waals surface area (Å²) in [4.78, 5) is 33.6. The van der Waals surface area contributed by atoms with Crippen LogP contribution in [-0.2, 0) is 25.7 Å². The highest BCUT2D eigenvalue weighted by molar-refractivity contribution is 5.79. The van der Waals surface area contributed by atoms with E-state index >= 15 is 0 Å². The monoisotopic (exact) mass is 309 g/mol. The van der Waals surface area contributed by atoms with Crippen LogP contribution in [0.4, 0.5) is 4.79 Å². The zero-order valence-corrected chi connectivity index (χ0v) is 12.3. The standard InChI is InChI=1S/C15H19NO6/c1-21-13(17)9-5-8-12(14(18)19)16-15(20)22-10-11-6-3-2-4-7-11/h2-4,6-7,12H,5,8-10H2,1H3,(H,16,20)(H,18,19)/t12-/m0/s1. The lowest BCUT2D eigenvalue weighted by Crippen LogP contribution is -2.41. The van der Waals surface area contributed by atoms with E-state index < -0.39 is 24.1 Å². The van der Waals surface area contributed by atoms with Crippen LogP contribution in [0.5, 0.6) is 0 Å². The molecule has 0 aliphatic heterocycles. The molecule has 120 valence electrons. The fourth-order valence-electron chi connectivity index (χ4n) is 1.72. The summed E-state index contributed by atoms with van der Waals surface area (Å²) < 4.78 is 9.42. The molecule has 1 amide bonds. The van der Waals surface area contributed by atoms with E-state index in [1.807, 2.05) is 18.2 Å². The molecular formula is C15H19NO6. The maximum Gasteiger partial charge on any atom is 0.408 e. The molecule has 0 unspecified atom stereocenters. The lowest BCUT2D eigenvalue weighted by atomic mass is 10.1. The van der Waals surface area contributed by atoms with Gasteiger partial charge in [0.15, 0.2) is 0 Å². The number of ether oxygens (including phenoxy) is 2. The molecule has 0 saturated heterocycles. The van der Waals surface area contributed by atoms with E-state index in [2.05, 4.69) is 10.1 Å². The van der Waals surface area contributed by atoms with Gasteiger partial charge in [0.25, 0.3) is 0 Å². The number of methoxy groups -OCH3 is 1.